The van der Waals surface area contributed by atoms with E-state index in [0.717, 1.165) is 6.42 Å². The van der Waals surface area contributed by atoms with Crippen LogP contribution in [0.2, 0.25) is 0 Å². The molecule has 3 nitrogen and oxygen atoms in total. The molecule has 0 radical (unpaired) electrons. The van der Waals surface area contributed by atoms with E-state index in [1.165, 1.54) is 174 Å². The van der Waals surface area contributed by atoms with Crippen molar-refractivity contribution in [1.82, 2.24) is 0 Å². The number of nitrogens with zero attached hydrogens (tertiary/aromatic N) is 3. The average Bonchev–Trinajstić information content (AvgIpc) is 1.30. The normalized spacial score (nSPS) is 24.0. The van der Waals surface area contributed by atoms with E-state index in [4.69, 9.17) is 0 Å². The minimum atomic E-state index is 0.0185. The standard InChI is InChI=1S/C85H104BN3S/c1-51-42-70-73-71(43-51)89(55-25-30-61-65(47-55)83(16,17)39-35-79(61,8)9)74-57-49-66-67(85(20,21)41-40-84(66,18)19)50-72(57)90-75(74)86(73)68-31-26-56(48-69(68)88(70)54-24-29-60-64(46-54)82(14,15)38-34-78(60,6)7)87(52-22-27-58-62(44-52)80(10,11)36-32-76(58,2)3)53-23-28-59-63(45-53)81(12,13)37-33-77(59,4)5/h22-31,42-46,48-50,55H,32-41,47H2,1-21H3. The third-order valence-corrected chi connectivity index (χ3v) is 27.0. The summed E-state index contributed by atoms with van der Waals surface area (Å²) in [5.41, 5.74) is 30.7. The van der Waals surface area contributed by atoms with Gasteiger partial charge in [0.1, 0.15) is 0 Å². The molecule has 1 atom stereocenters. The summed E-state index contributed by atoms with van der Waals surface area (Å²) in [6.07, 6.45) is 18.2. The second kappa shape index (κ2) is 19.2. The largest absolute Gasteiger partial charge is 0.334 e. The van der Waals surface area contributed by atoms with Crippen molar-refractivity contribution in [2.24, 2.45) is 10.8 Å². The van der Waals surface area contributed by atoms with Gasteiger partial charge in [-0.2, -0.15) is 0 Å². The van der Waals surface area contributed by atoms with Gasteiger partial charge in [-0.05, 0) is 271 Å². The lowest BCUT2D eigenvalue weighted by atomic mass is 9.36. The summed E-state index contributed by atoms with van der Waals surface area (Å²) < 4.78 is 2.93. The predicted octanol–water partition coefficient (Wildman–Crippen LogP) is 22.3. The van der Waals surface area contributed by atoms with Gasteiger partial charge in [-0.25, -0.2) is 0 Å². The molecule has 0 N–H and O–H groups in total. The maximum Gasteiger partial charge on any atom is 0.264 e. The van der Waals surface area contributed by atoms with Crippen LogP contribution in [0.15, 0.2) is 120 Å². The highest BCUT2D eigenvalue weighted by Gasteiger charge is 2.51. The van der Waals surface area contributed by atoms with Gasteiger partial charge in [0.2, 0.25) is 0 Å². The van der Waals surface area contributed by atoms with Gasteiger partial charge in [-0.3, -0.25) is 0 Å². The molecule has 7 aromatic rings. The number of benzene rings is 6. The molecule has 6 aliphatic carbocycles. The molecule has 0 bridgehead atoms. The molecule has 5 heteroatoms. The Morgan fingerprint density at radius 1 is 0.422 bits per heavy atom. The topological polar surface area (TPSA) is 9.72 Å². The minimum Gasteiger partial charge on any atom is -0.334 e. The van der Waals surface area contributed by atoms with E-state index in [-0.39, 0.29) is 66.9 Å². The van der Waals surface area contributed by atoms with Crippen LogP contribution in [0.4, 0.5) is 45.5 Å². The van der Waals surface area contributed by atoms with E-state index >= 15 is 0 Å². The average molecular weight is 1210 g/mol. The molecule has 0 spiro atoms. The predicted molar refractivity (Wildman–Crippen MR) is 392 cm³/mol. The second-order valence-electron chi connectivity index (χ2n) is 36.7. The summed E-state index contributed by atoms with van der Waals surface area (Å²) in [6.45, 7) is 52.4. The van der Waals surface area contributed by atoms with Crippen LogP contribution in [0.3, 0.4) is 0 Å². The maximum absolute atomic E-state index is 2.91. The highest BCUT2D eigenvalue weighted by Crippen LogP contribution is 2.58. The molecule has 468 valence electrons. The van der Waals surface area contributed by atoms with E-state index in [1.807, 2.05) is 0 Å². The molecule has 0 amide bonds. The van der Waals surface area contributed by atoms with Crippen LogP contribution in [0.1, 0.15) is 259 Å². The van der Waals surface area contributed by atoms with Crippen LogP contribution in [0.25, 0.3) is 10.1 Å². The van der Waals surface area contributed by atoms with Crippen molar-refractivity contribution in [3.05, 3.63) is 170 Å². The Hall–Kier alpha value is -5.78. The number of allylic oxidation sites excluding steroid dienone is 2. The molecule has 8 aliphatic rings. The number of rotatable bonds is 5. The molecule has 0 fully saturated rings. The quantitative estimate of drug-likeness (QED) is 0.159. The summed E-state index contributed by atoms with van der Waals surface area (Å²) in [6, 6.07) is 41.4. The highest BCUT2D eigenvalue weighted by atomic mass is 32.1. The van der Waals surface area contributed by atoms with Crippen molar-refractivity contribution in [3.8, 4) is 0 Å². The number of hydrogen-bond donors (Lipinski definition) is 0. The number of aryl methyl sites for hydroxylation is 1. The van der Waals surface area contributed by atoms with Crippen molar-refractivity contribution in [1.29, 1.82) is 0 Å². The lowest BCUT2D eigenvalue weighted by Gasteiger charge is -2.49. The second-order valence-corrected chi connectivity index (χ2v) is 37.8. The van der Waals surface area contributed by atoms with Crippen LogP contribution >= 0.6 is 11.3 Å². The fourth-order valence-electron chi connectivity index (χ4n) is 19.1. The first-order valence-electron chi connectivity index (χ1n) is 35.1. The molecule has 90 heavy (non-hydrogen) atoms. The van der Waals surface area contributed by atoms with Gasteiger partial charge in [0.25, 0.3) is 6.71 Å². The van der Waals surface area contributed by atoms with Crippen LogP contribution in [0, 0.1) is 17.8 Å². The SMILES string of the molecule is Cc1cc2c3c(c1)N(C1C=CC4=C(C1)C(C)(C)CCC4(C)C)c1c(sc4cc5c(cc14)C(C)(C)CCC5(C)C)B3c1ccc(N(c3ccc4c(c3)C(C)(C)CCC4(C)C)c3ccc4c(c3)C(C)(C)CCC4(C)C)cc1N2c1ccc2c(c1)C(C)(C)CCC2(C)C. The van der Waals surface area contributed by atoms with Gasteiger partial charge >= 0.3 is 0 Å². The van der Waals surface area contributed by atoms with Crippen LogP contribution in [0.5, 0.6) is 0 Å². The summed E-state index contributed by atoms with van der Waals surface area (Å²) in [5.74, 6) is 0. The van der Waals surface area contributed by atoms with E-state index in [0.29, 0.717) is 0 Å². The van der Waals surface area contributed by atoms with E-state index in [2.05, 4.69) is 281 Å². The molecule has 6 aromatic carbocycles. The van der Waals surface area contributed by atoms with Crippen molar-refractivity contribution < 1.29 is 0 Å². The van der Waals surface area contributed by atoms with Gasteiger partial charge in [0.05, 0.1) is 11.7 Å². The van der Waals surface area contributed by atoms with Crippen LogP contribution in [-0.4, -0.2) is 12.8 Å². The molecular formula is C85H104BN3S. The van der Waals surface area contributed by atoms with Gasteiger partial charge in [-0.15, -0.1) is 11.3 Å². The van der Waals surface area contributed by atoms with Crippen molar-refractivity contribution in [2.75, 3.05) is 14.7 Å². The Morgan fingerprint density at radius 3 is 1.40 bits per heavy atom. The molecule has 0 saturated heterocycles. The molecule has 1 aromatic heterocycles. The lowest BCUT2D eigenvalue weighted by Crippen LogP contribution is -2.62. The first-order chi connectivity index (χ1) is 41.9. The van der Waals surface area contributed by atoms with Crippen molar-refractivity contribution in [2.45, 2.75) is 265 Å². The third-order valence-electron chi connectivity index (χ3n) is 25.8. The lowest BCUT2D eigenvalue weighted by molar-refractivity contribution is 0.256. The zero-order valence-corrected chi connectivity index (χ0v) is 59.9. The zero-order chi connectivity index (χ0) is 64.0. The zero-order valence-electron chi connectivity index (χ0n) is 59.1. The first kappa shape index (κ1) is 60.5. The number of anilines is 8. The Kier molecular flexibility index (Phi) is 12.9. The molecule has 3 heterocycles. The Morgan fingerprint density at radius 2 is 0.856 bits per heavy atom. The first-order valence-corrected chi connectivity index (χ1v) is 35.9. The molecule has 15 rings (SSSR count). The van der Waals surface area contributed by atoms with Crippen LogP contribution < -0.4 is 30.4 Å². The minimum absolute atomic E-state index is 0.0185. The highest BCUT2D eigenvalue weighted by molar-refractivity contribution is 7.33. The van der Waals surface area contributed by atoms with Gasteiger partial charge in [-0.1, -0.05) is 180 Å². The Labute approximate surface area is 547 Å². The number of hydrogen-bond acceptors (Lipinski definition) is 4. The summed E-state index contributed by atoms with van der Waals surface area (Å²) in [7, 11) is 0. The molecular weight excluding hydrogens is 1110 g/mol. The van der Waals surface area contributed by atoms with E-state index < -0.39 is 0 Å². The van der Waals surface area contributed by atoms with Crippen molar-refractivity contribution >= 4 is 89.3 Å². The van der Waals surface area contributed by atoms with E-state index in [9.17, 15) is 0 Å². The maximum atomic E-state index is 2.91. The monoisotopic (exact) mass is 1210 g/mol. The molecule has 2 aliphatic heterocycles. The Bertz CT molecular complexity index is 4210. The van der Waals surface area contributed by atoms with E-state index in [1.54, 1.807) is 22.3 Å². The molecule has 1 unspecified atom stereocenters. The molecule has 0 saturated carbocycles. The smallest absolute Gasteiger partial charge is 0.264 e. The number of thiophene rings is 1. The summed E-state index contributed by atoms with van der Waals surface area (Å²) in [5, 5.41) is 1.44. The van der Waals surface area contributed by atoms with Gasteiger partial charge in [0.15, 0.2) is 0 Å². The van der Waals surface area contributed by atoms with Gasteiger partial charge in [0, 0.05) is 54.7 Å². The fourth-order valence-corrected chi connectivity index (χ4v) is 20.5. The van der Waals surface area contributed by atoms with Gasteiger partial charge < -0.3 is 14.7 Å². The van der Waals surface area contributed by atoms with Crippen LogP contribution in [-0.2, 0) is 43.3 Å². The Balaban J connectivity index is 1.02. The third kappa shape index (κ3) is 8.95. The number of fused-ring (bicyclic) bond motifs is 10. The summed E-state index contributed by atoms with van der Waals surface area (Å²) in [4.78, 5) is 8.34. The van der Waals surface area contributed by atoms with Crippen molar-refractivity contribution in [3.63, 3.8) is 0 Å². The fraction of sp³-hybridized carbons (Fsp3) is 0.506. The summed E-state index contributed by atoms with van der Waals surface area (Å²) >= 11 is 2.11.